The van der Waals surface area contributed by atoms with Gasteiger partial charge in [-0.25, -0.2) is 9.97 Å². The summed E-state index contributed by atoms with van der Waals surface area (Å²) in [6, 6.07) is 14.5. The van der Waals surface area contributed by atoms with Gasteiger partial charge in [-0.1, -0.05) is 55.5 Å². The van der Waals surface area contributed by atoms with Crippen LogP contribution in [0.5, 0.6) is 0 Å². The van der Waals surface area contributed by atoms with Crippen molar-refractivity contribution in [2.75, 3.05) is 5.73 Å². The second kappa shape index (κ2) is 6.99. The van der Waals surface area contributed by atoms with Crippen LogP contribution in [0.2, 0.25) is 0 Å². The van der Waals surface area contributed by atoms with Gasteiger partial charge < -0.3 is 10.8 Å². The van der Waals surface area contributed by atoms with E-state index in [0.717, 1.165) is 46.0 Å². The Kier molecular flexibility index (Phi) is 4.26. The van der Waals surface area contributed by atoms with Crippen LogP contribution in [0.4, 0.5) is 5.82 Å². The van der Waals surface area contributed by atoms with Crippen molar-refractivity contribution in [2.45, 2.75) is 50.0 Å². The lowest BCUT2D eigenvalue weighted by Crippen LogP contribution is -2.40. The highest BCUT2D eigenvalue weighted by Crippen LogP contribution is 2.46. The third kappa shape index (κ3) is 3.25. The van der Waals surface area contributed by atoms with E-state index in [1.807, 2.05) is 31.3 Å². The first-order chi connectivity index (χ1) is 15.8. The van der Waals surface area contributed by atoms with Gasteiger partial charge in [0.1, 0.15) is 17.2 Å². The summed E-state index contributed by atoms with van der Waals surface area (Å²) in [7, 11) is 0. The summed E-state index contributed by atoms with van der Waals surface area (Å²) < 4.78 is 2.07. The summed E-state index contributed by atoms with van der Waals surface area (Å²) >= 11 is 0. The third-order valence-electron chi connectivity index (χ3n) is 7.13. The second-order valence-electron chi connectivity index (χ2n) is 9.98. The minimum atomic E-state index is -0.624. The van der Waals surface area contributed by atoms with Crippen molar-refractivity contribution in [1.82, 2.24) is 19.4 Å². The van der Waals surface area contributed by atoms with Crippen molar-refractivity contribution in [3.8, 4) is 11.3 Å². The average Bonchev–Trinajstić information content (AvgIpc) is 3.19. The first kappa shape index (κ1) is 20.1. The monoisotopic (exact) mass is 437 g/mol. The molecule has 2 aliphatic rings. The molecule has 0 amide bonds. The van der Waals surface area contributed by atoms with Gasteiger partial charge in [0, 0.05) is 41.4 Å². The fraction of sp³-hybridized carbons (Fsp3) is 0.296. The van der Waals surface area contributed by atoms with Crippen LogP contribution in [-0.2, 0) is 11.8 Å². The number of aromatic nitrogens is 4. The van der Waals surface area contributed by atoms with Crippen LogP contribution in [0, 0.1) is 0 Å². The fourth-order valence-corrected chi connectivity index (χ4v) is 5.38. The smallest absolute Gasteiger partial charge is 0.149 e. The fourth-order valence-electron chi connectivity index (χ4n) is 5.38. The maximum atomic E-state index is 10.3. The maximum absolute atomic E-state index is 10.3. The number of nitrogens with two attached hydrogens (primary N) is 1. The van der Waals surface area contributed by atoms with Crippen LogP contribution in [0.1, 0.15) is 55.4 Å². The largest absolute Gasteiger partial charge is 0.390 e. The van der Waals surface area contributed by atoms with Crippen LogP contribution >= 0.6 is 0 Å². The van der Waals surface area contributed by atoms with Crippen LogP contribution in [-0.4, -0.2) is 30.1 Å². The third-order valence-corrected chi connectivity index (χ3v) is 7.13. The topological polar surface area (TPSA) is 89.3 Å². The van der Waals surface area contributed by atoms with Gasteiger partial charge in [-0.2, -0.15) is 0 Å². The minimum absolute atomic E-state index is 0.203. The molecule has 0 saturated heterocycles. The number of allylic oxidation sites excluding steroid dienone is 1. The molecule has 0 spiro atoms. The molecule has 166 valence electrons. The predicted octanol–water partition coefficient (Wildman–Crippen LogP) is 4.53. The number of nitrogens with zero attached hydrogens (tertiary/aromatic N) is 4. The summed E-state index contributed by atoms with van der Waals surface area (Å²) in [5, 5.41) is 10.3. The first-order valence-electron chi connectivity index (χ1n) is 11.4. The van der Waals surface area contributed by atoms with Crippen LogP contribution in [0.25, 0.3) is 22.9 Å². The molecule has 1 unspecified atom stereocenters. The van der Waals surface area contributed by atoms with E-state index in [9.17, 15) is 5.11 Å². The molecule has 6 rings (SSSR count). The Balaban J connectivity index is 1.44. The normalized spacial score (nSPS) is 26.2. The van der Waals surface area contributed by atoms with Gasteiger partial charge in [-0.15, -0.1) is 0 Å². The van der Waals surface area contributed by atoms with Crippen molar-refractivity contribution in [1.29, 1.82) is 0 Å². The summed E-state index contributed by atoms with van der Waals surface area (Å²) in [6.45, 7) is 4.08. The Bertz CT molecular complexity index is 1400. The molecule has 6 heteroatoms. The Morgan fingerprint density at radius 3 is 2.61 bits per heavy atom. The minimum Gasteiger partial charge on any atom is -0.390 e. The Morgan fingerprint density at radius 1 is 1.06 bits per heavy atom. The number of benzene rings is 1. The van der Waals surface area contributed by atoms with E-state index < -0.39 is 5.60 Å². The van der Waals surface area contributed by atoms with Crippen molar-refractivity contribution < 1.29 is 5.11 Å². The molecule has 3 aromatic heterocycles. The van der Waals surface area contributed by atoms with Gasteiger partial charge in [0.05, 0.1) is 17.0 Å². The zero-order valence-corrected chi connectivity index (χ0v) is 18.9. The number of nitrogen functional groups attached to an aromatic ring is 1. The molecule has 4 aromatic rings. The zero-order chi connectivity index (χ0) is 22.8. The van der Waals surface area contributed by atoms with Crippen molar-refractivity contribution in [3.05, 3.63) is 83.7 Å². The van der Waals surface area contributed by atoms with Gasteiger partial charge in [0.15, 0.2) is 0 Å². The second-order valence-corrected chi connectivity index (χ2v) is 9.98. The SMILES string of the molecule is CC1(O)CC(c2nc(C3(C)C=Cc4ccc(-c5ccccc5)nc4C3)c3c(N)nccn23)C1. The summed E-state index contributed by atoms with van der Waals surface area (Å²) in [5.41, 5.74) is 11.4. The maximum Gasteiger partial charge on any atom is 0.149 e. The van der Waals surface area contributed by atoms with Crippen molar-refractivity contribution in [2.24, 2.45) is 0 Å². The lowest BCUT2D eigenvalue weighted by Gasteiger charge is -2.40. The van der Waals surface area contributed by atoms with Crippen molar-refractivity contribution >= 4 is 17.4 Å². The number of hydrogen-bond acceptors (Lipinski definition) is 5. The lowest BCUT2D eigenvalue weighted by atomic mass is 9.72. The molecule has 1 atom stereocenters. The molecular formula is C27H27N5O. The molecule has 0 aliphatic heterocycles. The number of hydrogen-bond donors (Lipinski definition) is 2. The number of rotatable bonds is 3. The predicted molar refractivity (Wildman–Crippen MR) is 130 cm³/mol. The van der Waals surface area contributed by atoms with Crippen LogP contribution in [0.15, 0.2) is 60.9 Å². The standard InChI is InChI=1S/C27H27N5O/c1-26(11-10-18-8-9-20(30-21(18)16-26)17-6-4-3-5-7-17)23-22-24(28)29-12-13-32(22)25(31-23)19-14-27(2,33)15-19/h3-13,19,33H,14-16H2,1-2H3,(H2,28,29). The van der Waals surface area contributed by atoms with E-state index in [0.29, 0.717) is 18.7 Å². The number of fused-ring (bicyclic) bond motifs is 2. The number of anilines is 1. The zero-order valence-electron chi connectivity index (χ0n) is 18.9. The molecular weight excluding hydrogens is 410 g/mol. The van der Waals surface area contributed by atoms with E-state index in [-0.39, 0.29) is 11.3 Å². The number of pyridine rings is 1. The van der Waals surface area contributed by atoms with E-state index in [1.165, 1.54) is 0 Å². The van der Waals surface area contributed by atoms with E-state index in [4.69, 9.17) is 15.7 Å². The van der Waals surface area contributed by atoms with Crippen molar-refractivity contribution in [3.63, 3.8) is 0 Å². The van der Waals surface area contributed by atoms with Crippen LogP contribution < -0.4 is 5.73 Å². The van der Waals surface area contributed by atoms with Gasteiger partial charge in [-0.3, -0.25) is 9.38 Å². The molecule has 1 saturated carbocycles. The van der Waals surface area contributed by atoms with Gasteiger partial charge in [0.25, 0.3) is 0 Å². The van der Waals surface area contributed by atoms with E-state index >= 15 is 0 Å². The van der Waals surface area contributed by atoms with Gasteiger partial charge >= 0.3 is 0 Å². The lowest BCUT2D eigenvalue weighted by molar-refractivity contribution is -0.0335. The average molecular weight is 438 g/mol. The molecule has 2 aliphatic carbocycles. The Morgan fingerprint density at radius 2 is 1.85 bits per heavy atom. The summed E-state index contributed by atoms with van der Waals surface area (Å²) in [5.74, 6) is 1.63. The molecule has 0 radical (unpaired) electrons. The number of aliphatic hydroxyl groups is 1. The molecule has 0 bridgehead atoms. The van der Waals surface area contributed by atoms with Gasteiger partial charge in [-0.05, 0) is 31.4 Å². The highest BCUT2D eigenvalue weighted by atomic mass is 16.3. The molecule has 1 fully saturated rings. The highest BCUT2D eigenvalue weighted by molar-refractivity contribution is 5.74. The quantitative estimate of drug-likeness (QED) is 0.492. The highest BCUT2D eigenvalue weighted by Gasteiger charge is 2.43. The molecule has 6 nitrogen and oxygen atoms in total. The molecule has 1 aromatic carbocycles. The summed E-state index contributed by atoms with van der Waals surface area (Å²) in [4.78, 5) is 14.5. The molecule has 3 N–H and O–H groups in total. The van der Waals surface area contributed by atoms with Gasteiger partial charge in [0.2, 0.25) is 0 Å². The molecule has 33 heavy (non-hydrogen) atoms. The molecule has 3 heterocycles. The van der Waals surface area contributed by atoms with E-state index in [2.05, 4.69) is 52.7 Å². The van der Waals surface area contributed by atoms with E-state index in [1.54, 1.807) is 6.20 Å². The number of imidazole rings is 1. The van der Waals surface area contributed by atoms with Crippen LogP contribution in [0.3, 0.4) is 0 Å². The first-order valence-corrected chi connectivity index (χ1v) is 11.4. The Labute approximate surface area is 192 Å². The summed E-state index contributed by atoms with van der Waals surface area (Å²) in [6.07, 6.45) is 10.1. The Hall–Kier alpha value is -3.51.